The van der Waals surface area contributed by atoms with Crippen molar-refractivity contribution in [3.8, 4) is 0 Å². The van der Waals surface area contributed by atoms with Crippen molar-refractivity contribution in [2.45, 2.75) is 90.3 Å². The standard InChI is InChI=1S/C27H36O7/c1-5-6-23-33-22-12-19-18-8-7-16-11-17(29)9-10-25(16,3)24(18)20(30)13-26(19,4)27(22,34-23)21(31)14-32-15(2)28/h9-11,18-20,22-24,30H,5-8,12-14H2,1-4H3/t18-,19+,20-,22-,23-,24-,25-,26-,27+/m0/s1. The number of fused-ring (bicyclic) bond motifs is 7. The summed E-state index contributed by atoms with van der Waals surface area (Å²) >= 11 is 0. The van der Waals surface area contributed by atoms with E-state index in [4.69, 9.17) is 14.2 Å². The number of esters is 1. The van der Waals surface area contributed by atoms with E-state index in [0.717, 1.165) is 24.8 Å². The summed E-state index contributed by atoms with van der Waals surface area (Å²) in [6.45, 7) is 7.18. The third-order valence-electron chi connectivity index (χ3n) is 9.63. The van der Waals surface area contributed by atoms with Gasteiger partial charge in [0.1, 0.15) is 0 Å². The maximum absolute atomic E-state index is 13.7. The fraction of sp³-hybridized carbons (Fsp3) is 0.741. The van der Waals surface area contributed by atoms with Crippen LogP contribution in [0, 0.1) is 28.6 Å². The third kappa shape index (κ3) is 3.16. The van der Waals surface area contributed by atoms with E-state index in [9.17, 15) is 19.5 Å². The van der Waals surface area contributed by atoms with Crippen molar-refractivity contribution in [1.29, 1.82) is 0 Å². The van der Waals surface area contributed by atoms with Crippen LogP contribution in [0.3, 0.4) is 0 Å². The van der Waals surface area contributed by atoms with E-state index >= 15 is 0 Å². The summed E-state index contributed by atoms with van der Waals surface area (Å²) in [5, 5.41) is 11.7. The summed E-state index contributed by atoms with van der Waals surface area (Å²) in [4.78, 5) is 37.3. The van der Waals surface area contributed by atoms with E-state index < -0.39 is 35.5 Å². The number of rotatable bonds is 5. The van der Waals surface area contributed by atoms with Crippen LogP contribution in [0.5, 0.6) is 0 Å². The largest absolute Gasteiger partial charge is 0.458 e. The van der Waals surface area contributed by atoms with Gasteiger partial charge in [0.05, 0.1) is 12.2 Å². The Morgan fingerprint density at radius 2 is 2.06 bits per heavy atom. The number of carbonyl (C=O) groups is 3. The monoisotopic (exact) mass is 472 g/mol. The molecule has 0 unspecified atom stereocenters. The molecule has 4 fully saturated rings. The first kappa shape index (κ1) is 23.9. The molecule has 1 N–H and O–H groups in total. The Bertz CT molecular complexity index is 968. The fourth-order valence-electron chi connectivity index (χ4n) is 8.28. The molecule has 0 amide bonds. The van der Waals surface area contributed by atoms with Gasteiger partial charge < -0.3 is 19.3 Å². The first-order valence-electron chi connectivity index (χ1n) is 12.7. The van der Waals surface area contributed by atoms with Gasteiger partial charge in [0.2, 0.25) is 5.78 Å². The number of aliphatic hydroxyl groups is 1. The molecule has 0 radical (unpaired) electrons. The Balaban J connectivity index is 1.53. The van der Waals surface area contributed by atoms with Gasteiger partial charge in [-0.25, -0.2) is 0 Å². The summed E-state index contributed by atoms with van der Waals surface area (Å²) in [6, 6.07) is 0. The van der Waals surface area contributed by atoms with Gasteiger partial charge in [0.25, 0.3) is 0 Å². The summed E-state index contributed by atoms with van der Waals surface area (Å²) in [7, 11) is 0. The Labute approximate surface area is 200 Å². The van der Waals surface area contributed by atoms with Crippen LogP contribution < -0.4 is 0 Å². The molecule has 186 valence electrons. The first-order chi connectivity index (χ1) is 16.1. The lowest BCUT2D eigenvalue weighted by Crippen LogP contribution is -2.63. The number of carbonyl (C=O) groups excluding carboxylic acids is 3. The minimum Gasteiger partial charge on any atom is -0.458 e. The second-order valence-electron chi connectivity index (χ2n) is 11.3. The Morgan fingerprint density at radius 3 is 2.76 bits per heavy atom. The van der Waals surface area contributed by atoms with E-state index in [0.29, 0.717) is 19.3 Å². The van der Waals surface area contributed by atoms with Gasteiger partial charge in [-0.2, -0.15) is 0 Å². The van der Waals surface area contributed by atoms with Gasteiger partial charge in [0.15, 0.2) is 24.3 Å². The smallest absolute Gasteiger partial charge is 0.303 e. The number of hydrogen-bond acceptors (Lipinski definition) is 7. The summed E-state index contributed by atoms with van der Waals surface area (Å²) in [5.41, 5.74) is -1.17. The van der Waals surface area contributed by atoms with Crippen molar-refractivity contribution in [3.05, 3.63) is 23.8 Å². The van der Waals surface area contributed by atoms with Crippen molar-refractivity contribution in [3.63, 3.8) is 0 Å². The molecular formula is C27H36O7. The van der Waals surface area contributed by atoms with Crippen molar-refractivity contribution >= 4 is 17.5 Å². The molecule has 5 aliphatic rings. The van der Waals surface area contributed by atoms with E-state index in [2.05, 4.69) is 13.8 Å². The maximum Gasteiger partial charge on any atom is 0.303 e. The lowest BCUT2D eigenvalue weighted by atomic mass is 9.46. The number of Topliss-reactive ketones (excluding diaryl/α,β-unsaturated/α-hetero) is 1. The SMILES string of the molecule is CCC[C@H]1O[C@H]2C[C@@H]3[C@@H]4CCC5=CC(=O)C=C[C@]5(C)[C@@H]4[C@@H](O)C[C@]3(C)[C@]2(C(=O)COC(C)=O)O1. The Hall–Kier alpha value is -1.83. The molecule has 1 heterocycles. The van der Waals surface area contributed by atoms with Gasteiger partial charge in [0, 0.05) is 23.7 Å². The topological polar surface area (TPSA) is 99.1 Å². The van der Waals surface area contributed by atoms with Crippen molar-refractivity contribution in [1.82, 2.24) is 0 Å². The molecule has 34 heavy (non-hydrogen) atoms. The molecule has 4 aliphatic carbocycles. The molecule has 7 nitrogen and oxygen atoms in total. The number of hydrogen-bond donors (Lipinski definition) is 1. The average Bonchev–Trinajstić information content (AvgIpc) is 3.25. The fourth-order valence-corrected chi connectivity index (χ4v) is 8.28. The molecule has 0 aromatic heterocycles. The van der Waals surface area contributed by atoms with Crippen LogP contribution in [0.25, 0.3) is 0 Å². The number of ether oxygens (including phenoxy) is 3. The van der Waals surface area contributed by atoms with Gasteiger partial charge >= 0.3 is 5.97 Å². The third-order valence-corrected chi connectivity index (χ3v) is 9.63. The predicted molar refractivity (Wildman–Crippen MR) is 122 cm³/mol. The van der Waals surface area contributed by atoms with Crippen LogP contribution in [-0.2, 0) is 28.6 Å². The Morgan fingerprint density at radius 1 is 1.29 bits per heavy atom. The minimum absolute atomic E-state index is 0.00949. The zero-order valence-corrected chi connectivity index (χ0v) is 20.5. The van der Waals surface area contributed by atoms with Crippen molar-refractivity contribution in [2.75, 3.05) is 6.61 Å². The van der Waals surface area contributed by atoms with Gasteiger partial charge in [-0.1, -0.05) is 38.8 Å². The summed E-state index contributed by atoms with van der Waals surface area (Å²) < 4.78 is 18.0. The first-order valence-corrected chi connectivity index (χ1v) is 12.7. The normalized spacial score (nSPS) is 46.7. The highest BCUT2D eigenvalue weighted by atomic mass is 16.7. The van der Waals surface area contributed by atoms with Crippen LogP contribution in [0.15, 0.2) is 23.8 Å². The molecule has 0 aromatic rings. The highest BCUT2D eigenvalue weighted by molar-refractivity contribution is 6.01. The van der Waals surface area contributed by atoms with Crippen molar-refractivity contribution in [2.24, 2.45) is 28.6 Å². The predicted octanol–water partition coefficient (Wildman–Crippen LogP) is 3.29. The van der Waals surface area contributed by atoms with Crippen LogP contribution >= 0.6 is 0 Å². The van der Waals surface area contributed by atoms with Crippen molar-refractivity contribution < 1.29 is 33.7 Å². The van der Waals surface area contributed by atoms with Gasteiger partial charge in [-0.05, 0) is 56.1 Å². The van der Waals surface area contributed by atoms with E-state index in [1.807, 2.05) is 13.0 Å². The molecule has 1 saturated heterocycles. The minimum atomic E-state index is -1.24. The highest BCUT2D eigenvalue weighted by Gasteiger charge is 2.75. The van der Waals surface area contributed by atoms with Crippen LogP contribution in [0.1, 0.15) is 66.2 Å². The number of allylic oxidation sites excluding steroid dienone is 4. The molecule has 9 atom stereocenters. The molecule has 7 heteroatoms. The second kappa shape index (κ2) is 8.10. The molecule has 0 spiro atoms. The van der Waals surface area contributed by atoms with Crippen LogP contribution in [0.4, 0.5) is 0 Å². The Kier molecular flexibility index (Phi) is 5.69. The maximum atomic E-state index is 13.7. The number of aliphatic hydroxyl groups excluding tert-OH is 1. The molecule has 0 aromatic carbocycles. The highest BCUT2D eigenvalue weighted by Crippen LogP contribution is 2.69. The quantitative estimate of drug-likeness (QED) is 0.613. The van der Waals surface area contributed by atoms with E-state index in [-0.39, 0.29) is 41.3 Å². The van der Waals surface area contributed by atoms with Gasteiger partial charge in [-0.15, -0.1) is 0 Å². The zero-order valence-electron chi connectivity index (χ0n) is 20.5. The summed E-state index contributed by atoms with van der Waals surface area (Å²) in [5.74, 6) is -0.538. The average molecular weight is 473 g/mol. The second-order valence-corrected chi connectivity index (χ2v) is 11.3. The van der Waals surface area contributed by atoms with E-state index in [1.54, 1.807) is 12.2 Å². The van der Waals surface area contributed by atoms with Gasteiger partial charge in [-0.3, -0.25) is 14.4 Å². The summed E-state index contributed by atoms with van der Waals surface area (Å²) in [6.07, 6.45) is 8.04. The molecule has 0 bridgehead atoms. The molecular weight excluding hydrogens is 436 g/mol. The zero-order chi connectivity index (χ0) is 24.5. The molecule has 3 saturated carbocycles. The molecule has 5 rings (SSSR count). The van der Waals surface area contributed by atoms with E-state index in [1.165, 1.54) is 6.92 Å². The van der Waals surface area contributed by atoms with Crippen LogP contribution in [-0.4, -0.2) is 53.3 Å². The lowest BCUT2D eigenvalue weighted by molar-refractivity contribution is -0.201. The number of ketones is 2. The van der Waals surface area contributed by atoms with Crippen LogP contribution in [0.2, 0.25) is 0 Å². The lowest BCUT2D eigenvalue weighted by Gasteiger charge is -2.59. The molecule has 1 aliphatic heterocycles.